The molecule has 0 aliphatic carbocycles. The summed E-state index contributed by atoms with van der Waals surface area (Å²) in [6, 6.07) is 10.2. The van der Waals surface area contributed by atoms with Crippen molar-refractivity contribution in [3.63, 3.8) is 0 Å². The fourth-order valence-electron chi connectivity index (χ4n) is 2.80. The van der Waals surface area contributed by atoms with Crippen LogP contribution in [-0.4, -0.2) is 10.8 Å². The lowest BCUT2D eigenvalue weighted by Crippen LogP contribution is -2.24. The van der Waals surface area contributed by atoms with E-state index in [-0.39, 0.29) is 5.91 Å². The average Bonchev–Trinajstić information content (AvgIpc) is 2.77. The summed E-state index contributed by atoms with van der Waals surface area (Å²) in [5.74, 6) is 0.566. The van der Waals surface area contributed by atoms with Gasteiger partial charge < -0.3 is 4.90 Å². The van der Waals surface area contributed by atoms with E-state index in [1.54, 1.807) is 0 Å². The normalized spacial score (nSPS) is 16.7. The van der Waals surface area contributed by atoms with Gasteiger partial charge in [0.1, 0.15) is 0 Å². The number of carbonyl (C=O) groups is 1. The van der Waals surface area contributed by atoms with Crippen molar-refractivity contribution in [2.45, 2.75) is 53.0 Å². The number of carbonyl (C=O) groups excluding carboxylic acids is 1. The molecular weight excluding hydrogens is 270 g/mol. The number of rotatable bonds is 7. The van der Waals surface area contributed by atoms with Crippen molar-refractivity contribution in [1.82, 2.24) is 4.90 Å². The van der Waals surface area contributed by atoms with E-state index >= 15 is 0 Å². The summed E-state index contributed by atoms with van der Waals surface area (Å²) in [6.45, 7) is 7.20. The lowest BCUT2D eigenvalue weighted by atomic mass is 10.0. The minimum atomic E-state index is 0.127. The first-order valence-electron chi connectivity index (χ1n) is 8.40. The predicted molar refractivity (Wildman–Crippen MR) is 92.1 cm³/mol. The van der Waals surface area contributed by atoms with E-state index in [2.05, 4.69) is 39.0 Å². The number of unbranched alkanes of at least 4 members (excludes halogenated alkanes) is 2. The van der Waals surface area contributed by atoms with Crippen LogP contribution < -0.4 is 0 Å². The van der Waals surface area contributed by atoms with Crippen molar-refractivity contribution in [2.24, 2.45) is 5.92 Å². The van der Waals surface area contributed by atoms with Crippen molar-refractivity contribution in [3.8, 4) is 0 Å². The van der Waals surface area contributed by atoms with Gasteiger partial charge in [0, 0.05) is 11.8 Å². The molecule has 118 valence electrons. The minimum Gasteiger partial charge on any atom is -0.304 e. The molecule has 0 aromatic heterocycles. The van der Waals surface area contributed by atoms with Crippen LogP contribution in [-0.2, 0) is 11.3 Å². The van der Waals surface area contributed by atoms with Crippen LogP contribution in [0.4, 0.5) is 0 Å². The zero-order valence-electron chi connectivity index (χ0n) is 14.0. The van der Waals surface area contributed by atoms with Crippen molar-refractivity contribution in [2.75, 3.05) is 0 Å². The molecule has 1 aromatic carbocycles. The molecule has 2 nitrogen and oxygen atoms in total. The van der Waals surface area contributed by atoms with E-state index < -0.39 is 0 Å². The van der Waals surface area contributed by atoms with E-state index in [1.807, 2.05) is 29.2 Å². The van der Waals surface area contributed by atoms with Gasteiger partial charge in [0.15, 0.2) is 0 Å². The summed E-state index contributed by atoms with van der Waals surface area (Å²) in [5, 5.41) is 0. The van der Waals surface area contributed by atoms with Crippen LogP contribution in [0, 0.1) is 5.92 Å². The van der Waals surface area contributed by atoms with Crippen LogP contribution in [0.15, 0.2) is 53.8 Å². The summed E-state index contributed by atoms with van der Waals surface area (Å²) in [4.78, 5) is 14.3. The van der Waals surface area contributed by atoms with Gasteiger partial charge in [-0.25, -0.2) is 0 Å². The maximum Gasteiger partial charge on any atom is 0.251 e. The first-order valence-corrected chi connectivity index (χ1v) is 8.40. The Bertz CT molecular complexity index is 554. The van der Waals surface area contributed by atoms with Crippen molar-refractivity contribution < 1.29 is 4.79 Å². The highest BCUT2D eigenvalue weighted by atomic mass is 16.2. The second-order valence-corrected chi connectivity index (χ2v) is 6.33. The monoisotopic (exact) mass is 297 g/mol. The summed E-state index contributed by atoms with van der Waals surface area (Å²) in [6.07, 6.45) is 8.66. The molecule has 0 N–H and O–H groups in total. The molecular formula is C20H27NO. The summed E-state index contributed by atoms with van der Waals surface area (Å²) < 4.78 is 0. The number of benzene rings is 1. The number of hydrogen-bond donors (Lipinski definition) is 0. The Kier molecular flexibility index (Phi) is 6.00. The molecule has 1 heterocycles. The second kappa shape index (κ2) is 7.98. The number of amides is 1. The quantitative estimate of drug-likeness (QED) is 0.643. The Morgan fingerprint density at radius 3 is 2.50 bits per heavy atom. The molecule has 0 bridgehead atoms. The van der Waals surface area contributed by atoms with E-state index in [4.69, 9.17) is 0 Å². The highest BCUT2D eigenvalue weighted by Crippen LogP contribution is 2.30. The van der Waals surface area contributed by atoms with Crippen LogP contribution in [0.2, 0.25) is 0 Å². The van der Waals surface area contributed by atoms with Gasteiger partial charge in [0.25, 0.3) is 5.91 Å². The molecule has 0 saturated heterocycles. The summed E-state index contributed by atoms with van der Waals surface area (Å²) in [5.41, 5.74) is 3.51. The molecule has 1 aromatic rings. The number of hydrogen-bond acceptors (Lipinski definition) is 1. The third-order valence-electron chi connectivity index (χ3n) is 3.91. The van der Waals surface area contributed by atoms with Crippen molar-refractivity contribution in [1.29, 1.82) is 0 Å². The van der Waals surface area contributed by atoms with E-state index in [0.29, 0.717) is 12.5 Å². The molecule has 2 rings (SSSR count). The predicted octanol–water partition coefficient (Wildman–Crippen LogP) is 5.08. The Hall–Kier alpha value is -1.83. The second-order valence-electron chi connectivity index (χ2n) is 6.33. The Morgan fingerprint density at radius 2 is 1.86 bits per heavy atom. The zero-order valence-corrected chi connectivity index (χ0v) is 14.0. The summed E-state index contributed by atoms with van der Waals surface area (Å²) in [7, 11) is 0. The van der Waals surface area contributed by atoms with Crippen LogP contribution in [0.1, 0.15) is 52.0 Å². The summed E-state index contributed by atoms with van der Waals surface area (Å²) >= 11 is 0. The Labute approximate surface area is 134 Å². The fraction of sp³-hybridized carbons (Fsp3) is 0.450. The maximum absolute atomic E-state index is 12.4. The average molecular weight is 297 g/mol. The first-order chi connectivity index (χ1) is 10.6. The van der Waals surface area contributed by atoms with Crippen LogP contribution in [0.5, 0.6) is 0 Å². The Balaban J connectivity index is 2.17. The molecule has 0 saturated carbocycles. The van der Waals surface area contributed by atoms with Gasteiger partial charge in [-0.15, -0.1) is 0 Å². The number of nitrogens with zero attached hydrogens (tertiary/aromatic N) is 1. The molecule has 0 fully saturated rings. The molecule has 2 heteroatoms. The third kappa shape index (κ3) is 4.33. The largest absolute Gasteiger partial charge is 0.304 e. The van der Waals surface area contributed by atoms with E-state index in [1.165, 1.54) is 24.0 Å². The molecule has 1 aliphatic heterocycles. The maximum atomic E-state index is 12.4. The number of allylic oxidation sites excluding steroid dienone is 2. The molecule has 1 aliphatic rings. The molecule has 1 amide bonds. The van der Waals surface area contributed by atoms with Gasteiger partial charge in [-0.05, 0) is 29.9 Å². The third-order valence-corrected chi connectivity index (χ3v) is 3.91. The topological polar surface area (TPSA) is 20.3 Å². The zero-order chi connectivity index (χ0) is 15.9. The van der Waals surface area contributed by atoms with Gasteiger partial charge in [-0.3, -0.25) is 4.79 Å². The standard InChI is InChI=1S/C20H27NO/c1-4-5-7-12-18-14-20(22)21(19(18)13-16(2)3)15-17-10-8-6-9-11-17/h6,8-11,13-14,16H,4-5,7,12,15H2,1-3H3/b19-13-. The lowest BCUT2D eigenvalue weighted by Gasteiger charge is -2.21. The highest BCUT2D eigenvalue weighted by molar-refractivity contribution is 5.94. The van der Waals surface area contributed by atoms with Crippen LogP contribution in [0.25, 0.3) is 0 Å². The lowest BCUT2D eigenvalue weighted by molar-refractivity contribution is -0.123. The molecule has 0 spiro atoms. The van der Waals surface area contributed by atoms with E-state index in [9.17, 15) is 4.79 Å². The van der Waals surface area contributed by atoms with Gasteiger partial charge in [0.05, 0.1) is 6.54 Å². The van der Waals surface area contributed by atoms with Crippen LogP contribution in [0.3, 0.4) is 0 Å². The van der Waals surface area contributed by atoms with Gasteiger partial charge >= 0.3 is 0 Å². The first kappa shape index (κ1) is 16.5. The van der Waals surface area contributed by atoms with Crippen molar-refractivity contribution in [3.05, 3.63) is 59.3 Å². The molecule has 22 heavy (non-hydrogen) atoms. The minimum absolute atomic E-state index is 0.127. The Morgan fingerprint density at radius 1 is 1.14 bits per heavy atom. The molecule has 0 unspecified atom stereocenters. The van der Waals surface area contributed by atoms with Gasteiger partial charge in [0.2, 0.25) is 0 Å². The van der Waals surface area contributed by atoms with Gasteiger partial charge in [-0.2, -0.15) is 0 Å². The van der Waals surface area contributed by atoms with Crippen LogP contribution >= 0.6 is 0 Å². The highest BCUT2D eigenvalue weighted by Gasteiger charge is 2.26. The fourth-order valence-corrected chi connectivity index (χ4v) is 2.80. The SMILES string of the molecule is CCCCCC1=CC(=O)N(Cc2ccccc2)/C1=C\C(C)C. The van der Waals surface area contributed by atoms with E-state index in [0.717, 1.165) is 18.5 Å². The smallest absolute Gasteiger partial charge is 0.251 e. The van der Waals surface area contributed by atoms with Crippen molar-refractivity contribution >= 4 is 5.91 Å². The molecule has 0 atom stereocenters. The molecule has 0 radical (unpaired) electrons. The van der Waals surface area contributed by atoms with Gasteiger partial charge in [-0.1, -0.05) is 70.0 Å².